The van der Waals surface area contributed by atoms with Crippen LogP contribution in [0.2, 0.25) is 0 Å². The second kappa shape index (κ2) is 9.56. The van der Waals surface area contributed by atoms with Crippen LogP contribution in [0.25, 0.3) is 16.9 Å². The van der Waals surface area contributed by atoms with Gasteiger partial charge in [-0.2, -0.15) is 5.10 Å². The molecule has 1 amide bonds. The van der Waals surface area contributed by atoms with Gasteiger partial charge in [0.2, 0.25) is 0 Å². The number of nitrogens with one attached hydrogen (secondary N) is 1. The molecule has 1 N–H and O–H groups in total. The first kappa shape index (κ1) is 22.0. The lowest BCUT2D eigenvalue weighted by molar-refractivity contribution is 0.102. The number of nitrogens with zero attached hydrogens (tertiary/aromatic N) is 6. The van der Waals surface area contributed by atoms with E-state index in [1.807, 2.05) is 42.5 Å². The van der Waals surface area contributed by atoms with Crippen LogP contribution in [0.4, 0.5) is 10.1 Å². The van der Waals surface area contributed by atoms with Crippen LogP contribution in [-0.4, -0.2) is 43.0 Å². The summed E-state index contributed by atoms with van der Waals surface area (Å²) in [4.78, 5) is 13.3. The highest BCUT2D eigenvalue weighted by molar-refractivity contribution is 6.08. The van der Waals surface area contributed by atoms with Crippen LogP contribution in [-0.2, 0) is 6.54 Å². The maximum atomic E-state index is 14.6. The Morgan fingerprint density at radius 1 is 1.06 bits per heavy atom. The average molecular weight is 469 g/mol. The Balaban J connectivity index is 1.49. The van der Waals surface area contributed by atoms with E-state index in [0.717, 1.165) is 11.1 Å². The van der Waals surface area contributed by atoms with Crippen molar-refractivity contribution in [2.24, 2.45) is 0 Å². The predicted molar refractivity (Wildman–Crippen MR) is 127 cm³/mol. The van der Waals surface area contributed by atoms with Gasteiger partial charge in [0.25, 0.3) is 5.91 Å². The normalized spacial score (nSPS) is 10.8. The summed E-state index contributed by atoms with van der Waals surface area (Å²) >= 11 is 0. The molecule has 0 aliphatic rings. The van der Waals surface area contributed by atoms with E-state index in [2.05, 4.69) is 25.9 Å². The molecule has 3 aromatic carbocycles. The van der Waals surface area contributed by atoms with Gasteiger partial charge in [0.1, 0.15) is 23.6 Å². The van der Waals surface area contributed by atoms with Crippen molar-refractivity contribution in [2.75, 3.05) is 12.4 Å². The second-order valence-electron chi connectivity index (χ2n) is 7.68. The minimum atomic E-state index is -0.585. The van der Waals surface area contributed by atoms with Gasteiger partial charge < -0.3 is 10.1 Å². The summed E-state index contributed by atoms with van der Waals surface area (Å²) in [5.74, 6) is -0.397. The Morgan fingerprint density at radius 3 is 2.57 bits per heavy atom. The van der Waals surface area contributed by atoms with Gasteiger partial charge in [-0.25, -0.2) is 9.07 Å². The molecule has 0 spiro atoms. The van der Waals surface area contributed by atoms with Gasteiger partial charge in [-0.1, -0.05) is 30.3 Å². The van der Waals surface area contributed by atoms with Crippen LogP contribution in [0.5, 0.6) is 5.75 Å². The predicted octanol–water partition coefficient (Wildman–Crippen LogP) is 3.97. The molecule has 0 saturated heterocycles. The van der Waals surface area contributed by atoms with E-state index in [1.54, 1.807) is 30.1 Å². The highest BCUT2D eigenvalue weighted by Gasteiger charge is 2.20. The van der Waals surface area contributed by atoms with Crippen LogP contribution in [0, 0.1) is 5.82 Å². The molecule has 0 fully saturated rings. The van der Waals surface area contributed by atoms with Gasteiger partial charge in [-0.05, 0) is 58.5 Å². The molecular weight excluding hydrogens is 449 g/mol. The molecule has 10 heteroatoms. The minimum absolute atomic E-state index is 0.000472. The lowest BCUT2D eigenvalue weighted by atomic mass is 10.1. The number of tetrazole rings is 1. The van der Waals surface area contributed by atoms with E-state index in [1.165, 1.54) is 29.2 Å². The van der Waals surface area contributed by atoms with E-state index in [4.69, 9.17) is 4.74 Å². The molecule has 0 atom stereocenters. The number of methoxy groups -OCH3 is 1. The van der Waals surface area contributed by atoms with Crippen LogP contribution in [0.3, 0.4) is 0 Å². The molecule has 5 rings (SSSR count). The molecule has 5 aromatic rings. The maximum absolute atomic E-state index is 14.6. The number of ether oxygens (including phenoxy) is 1. The van der Waals surface area contributed by atoms with Crippen molar-refractivity contribution < 1.29 is 13.9 Å². The number of benzene rings is 3. The Labute approximate surface area is 199 Å². The highest BCUT2D eigenvalue weighted by atomic mass is 19.1. The zero-order chi connectivity index (χ0) is 24.2. The van der Waals surface area contributed by atoms with Crippen molar-refractivity contribution in [3.05, 3.63) is 102 Å². The molecule has 35 heavy (non-hydrogen) atoms. The lowest BCUT2D eigenvalue weighted by Crippen LogP contribution is -2.14. The number of rotatable bonds is 7. The lowest BCUT2D eigenvalue weighted by Gasteiger charge is -2.09. The minimum Gasteiger partial charge on any atom is -0.497 e. The number of carbonyl (C=O) groups is 1. The standard InChI is InChI=1S/C25H20FN7O2/c1-35-20-10-7-18(8-11-20)24-21(15-32(29-24)14-17-5-3-2-4-6-17)25(34)28-23-13-19(9-12-22(23)26)33-16-27-30-31-33/h2-13,15-16H,14H2,1H3,(H,28,34). The van der Waals surface area contributed by atoms with Gasteiger partial charge >= 0.3 is 0 Å². The topological polar surface area (TPSA) is 99.8 Å². The van der Waals surface area contributed by atoms with Gasteiger partial charge in [0, 0.05) is 11.8 Å². The number of hydrogen-bond donors (Lipinski definition) is 1. The summed E-state index contributed by atoms with van der Waals surface area (Å²) < 4.78 is 22.9. The largest absolute Gasteiger partial charge is 0.497 e. The molecule has 174 valence electrons. The van der Waals surface area contributed by atoms with Crippen molar-refractivity contribution in [3.63, 3.8) is 0 Å². The number of aromatic nitrogens is 6. The summed E-state index contributed by atoms with van der Waals surface area (Å²) in [5.41, 5.74) is 3.03. The van der Waals surface area contributed by atoms with Crippen molar-refractivity contribution in [1.29, 1.82) is 0 Å². The quantitative estimate of drug-likeness (QED) is 0.387. The molecule has 0 saturated carbocycles. The highest BCUT2D eigenvalue weighted by Crippen LogP contribution is 2.27. The van der Waals surface area contributed by atoms with E-state index in [-0.39, 0.29) is 5.69 Å². The summed E-state index contributed by atoms with van der Waals surface area (Å²) in [6.45, 7) is 0.473. The molecule has 0 radical (unpaired) electrons. The summed E-state index contributed by atoms with van der Waals surface area (Å²) in [7, 11) is 1.58. The number of amides is 1. The molecule has 0 unspecified atom stereocenters. The molecule has 9 nitrogen and oxygen atoms in total. The SMILES string of the molecule is COc1ccc(-c2nn(Cc3ccccc3)cc2C(=O)Nc2cc(-n3cnnn3)ccc2F)cc1. The van der Waals surface area contributed by atoms with Gasteiger partial charge in [0.15, 0.2) is 0 Å². The first-order chi connectivity index (χ1) is 17.1. The maximum Gasteiger partial charge on any atom is 0.259 e. The van der Waals surface area contributed by atoms with Gasteiger partial charge in [-0.15, -0.1) is 5.10 Å². The van der Waals surface area contributed by atoms with Gasteiger partial charge in [0.05, 0.1) is 30.6 Å². The third-order valence-corrected chi connectivity index (χ3v) is 5.37. The Hall–Kier alpha value is -4.86. The van der Waals surface area contributed by atoms with E-state index in [9.17, 15) is 9.18 Å². The van der Waals surface area contributed by atoms with E-state index in [0.29, 0.717) is 29.2 Å². The fourth-order valence-electron chi connectivity index (χ4n) is 3.62. The number of carbonyl (C=O) groups excluding carboxylic acids is 1. The van der Waals surface area contributed by atoms with Gasteiger partial charge in [-0.3, -0.25) is 9.48 Å². The van der Waals surface area contributed by atoms with E-state index >= 15 is 0 Å². The monoisotopic (exact) mass is 469 g/mol. The molecule has 0 aliphatic carbocycles. The smallest absolute Gasteiger partial charge is 0.259 e. The van der Waals surface area contributed by atoms with Crippen LogP contribution in [0.1, 0.15) is 15.9 Å². The Kier molecular flexibility index (Phi) is 6.00. The third-order valence-electron chi connectivity index (χ3n) is 5.37. The van der Waals surface area contributed by atoms with Crippen LogP contribution < -0.4 is 10.1 Å². The van der Waals surface area contributed by atoms with Crippen LogP contribution in [0.15, 0.2) is 85.3 Å². The summed E-state index contributed by atoms with van der Waals surface area (Å²) in [5, 5.41) is 18.3. The molecule has 2 aromatic heterocycles. The second-order valence-corrected chi connectivity index (χ2v) is 7.68. The van der Waals surface area contributed by atoms with Crippen molar-refractivity contribution in [1.82, 2.24) is 30.0 Å². The molecule has 0 aliphatic heterocycles. The molecule has 2 heterocycles. The van der Waals surface area contributed by atoms with E-state index < -0.39 is 11.7 Å². The average Bonchev–Trinajstić information content (AvgIpc) is 3.57. The number of halogens is 1. The fourth-order valence-corrected chi connectivity index (χ4v) is 3.62. The zero-order valence-electron chi connectivity index (χ0n) is 18.7. The van der Waals surface area contributed by atoms with Crippen molar-refractivity contribution in [3.8, 4) is 22.7 Å². The fraction of sp³-hybridized carbons (Fsp3) is 0.0800. The molecule has 0 bridgehead atoms. The zero-order valence-corrected chi connectivity index (χ0v) is 18.7. The number of anilines is 1. The first-order valence-electron chi connectivity index (χ1n) is 10.7. The Bertz CT molecular complexity index is 1450. The third kappa shape index (κ3) is 4.76. The van der Waals surface area contributed by atoms with Crippen molar-refractivity contribution in [2.45, 2.75) is 6.54 Å². The Morgan fingerprint density at radius 2 is 1.86 bits per heavy atom. The van der Waals surface area contributed by atoms with Crippen LogP contribution >= 0.6 is 0 Å². The van der Waals surface area contributed by atoms with Crippen molar-refractivity contribution >= 4 is 11.6 Å². The molecular formula is C25H20FN7O2. The summed E-state index contributed by atoms with van der Waals surface area (Å²) in [6.07, 6.45) is 3.04. The number of hydrogen-bond acceptors (Lipinski definition) is 6. The summed E-state index contributed by atoms with van der Waals surface area (Å²) in [6, 6.07) is 21.2. The first-order valence-corrected chi connectivity index (χ1v) is 10.7.